The van der Waals surface area contributed by atoms with E-state index >= 15 is 0 Å². The van der Waals surface area contributed by atoms with Gasteiger partial charge in [-0.25, -0.2) is 4.98 Å². The van der Waals surface area contributed by atoms with Crippen molar-refractivity contribution < 1.29 is 9.53 Å². The van der Waals surface area contributed by atoms with E-state index in [0.29, 0.717) is 18.3 Å². The number of likely N-dealkylation sites (N-methyl/N-ethyl adjacent to an activating group) is 1. The standard InChI is InChI=1S/C16H23N3O2/c1-9-5-10(2)18-15(21-4)13(9)8-19(3)16(20)14-12-6-11(12)7-17-14/h5,11-12,14,17H,6-8H2,1-4H3/t11-,12-,14+/m0/s1. The van der Waals surface area contributed by atoms with Gasteiger partial charge in [-0.3, -0.25) is 4.79 Å². The molecule has 1 amide bonds. The third-order valence-corrected chi connectivity index (χ3v) is 4.67. The highest BCUT2D eigenvalue weighted by molar-refractivity contribution is 5.83. The van der Waals surface area contributed by atoms with Crippen LogP contribution in [0.4, 0.5) is 0 Å². The van der Waals surface area contributed by atoms with Gasteiger partial charge in [0.25, 0.3) is 0 Å². The number of pyridine rings is 1. The summed E-state index contributed by atoms with van der Waals surface area (Å²) in [6.45, 7) is 5.51. The minimum atomic E-state index is 0.00436. The number of hydrogen-bond donors (Lipinski definition) is 1. The average molecular weight is 289 g/mol. The van der Waals surface area contributed by atoms with Crippen molar-refractivity contribution in [3.8, 4) is 5.88 Å². The number of fused-ring (bicyclic) bond motifs is 1. The summed E-state index contributed by atoms with van der Waals surface area (Å²) in [7, 11) is 3.48. The molecule has 1 aromatic heterocycles. The molecule has 2 heterocycles. The molecule has 3 rings (SSSR count). The Kier molecular flexibility index (Phi) is 3.61. The summed E-state index contributed by atoms with van der Waals surface area (Å²) in [5, 5.41) is 3.34. The topological polar surface area (TPSA) is 54.5 Å². The molecule has 1 saturated carbocycles. The minimum Gasteiger partial charge on any atom is -0.481 e. The highest BCUT2D eigenvalue weighted by atomic mass is 16.5. The second kappa shape index (κ2) is 5.30. The largest absolute Gasteiger partial charge is 0.481 e. The first-order valence-electron chi connectivity index (χ1n) is 7.50. The summed E-state index contributed by atoms with van der Waals surface area (Å²) in [6, 6.07) is 2.03. The number of piperidine rings is 1. The summed E-state index contributed by atoms with van der Waals surface area (Å²) >= 11 is 0. The van der Waals surface area contributed by atoms with E-state index in [-0.39, 0.29) is 11.9 Å². The molecule has 5 heteroatoms. The Bertz CT molecular complexity index is 573. The van der Waals surface area contributed by atoms with E-state index in [0.717, 1.165) is 29.3 Å². The average Bonchev–Trinajstić information content (AvgIpc) is 3.11. The Morgan fingerprint density at radius 2 is 2.29 bits per heavy atom. The summed E-state index contributed by atoms with van der Waals surface area (Å²) < 4.78 is 5.38. The second-order valence-electron chi connectivity index (χ2n) is 6.31. The molecular weight excluding hydrogens is 266 g/mol. The van der Waals surface area contributed by atoms with Crippen LogP contribution >= 0.6 is 0 Å². The number of rotatable bonds is 4. The Balaban J connectivity index is 1.75. The smallest absolute Gasteiger partial charge is 0.240 e. The fourth-order valence-corrected chi connectivity index (χ4v) is 3.36. The number of carbonyl (C=O) groups is 1. The zero-order chi connectivity index (χ0) is 15.1. The zero-order valence-corrected chi connectivity index (χ0v) is 13.1. The van der Waals surface area contributed by atoms with Crippen LogP contribution in [-0.4, -0.2) is 42.5 Å². The van der Waals surface area contributed by atoms with Crippen LogP contribution in [0.2, 0.25) is 0 Å². The number of nitrogens with one attached hydrogen (secondary N) is 1. The van der Waals surface area contributed by atoms with Crippen molar-refractivity contribution in [3.63, 3.8) is 0 Å². The van der Waals surface area contributed by atoms with Gasteiger partial charge >= 0.3 is 0 Å². The van der Waals surface area contributed by atoms with Gasteiger partial charge in [-0.1, -0.05) is 0 Å². The van der Waals surface area contributed by atoms with Gasteiger partial charge in [0.15, 0.2) is 0 Å². The maximum Gasteiger partial charge on any atom is 0.240 e. The van der Waals surface area contributed by atoms with Crippen LogP contribution in [0.3, 0.4) is 0 Å². The van der Waals surface area contributed by atoms with Crippen LogP contribution in [0.1, 0.15) is 23.2 Å². The molecular formula is C16H23N3O2. The lowest BCUT2D eigenvalue weighted by molar-refractivity contribution is -0.132. The molecule has 3 atom stereocenters. The highest BCUT2D eigenvalue weighted by Gasteiger charge is 2.51. The van der Waals surface area contributed by atoms with E-state index in [1.54, 1.807) is 12.0 Å². The van der Waals surface area contributed by atoms with Gasteiger partial charge in [-0.15, -0.1) is 0 Å². The maximum absolute atomic E-state index is 12.6. The molecule has 1 aliphatic carbocycles. The number of aryl methyl sites for hydroxylation is 2. The number of carbonyl (C=O) groups excluding carboxylic acids is 1. The van der Waals surface area contributed by atoms with Crippen LogP contribution in [0.5, 0.6) is 5.88 Å². The van der Waals surface area contributed by atoms with Crippen molar-refractivity contribution >= 4 is 5.91 Å². The van der Waals surface area contributed by atoms with E-state index in [2.05, 4.69) is 10.3 Å². The lowest BCUT2D eigenvalue weighted by Crippen LogP contribution is -2.43. The number of nitrogens with zero attached hydrogens (tertiary/aromatic N) is 2. The molecule has 1 N–H and O–H groups in total. The van der Waals surface area contributed by atoms with E-state index in [1.165, 1.54) is 6.42 Å². The van der Waals surface area contributed by atoms with Gasteiger partial charge in [0.2, 0.25) is 11.8 Å². The van der Waals surface area contributed by atoms with Gasteiger partial charge in [-0.2, -0.15) is 0 Å². The molecule has 1 saturated heterocycles. The predicted octanol–water partition coefficient (Wildman–Crippen LogP) is 1.27. The zero-order valence-electron chi connectivity index (χ0n) is 13.1. The predicted molar refractivity (Wildman–Crippen MR) is 80.1 cm³/mol. The Morgan fingerprint density at radius 1 is 1.52 bits per heavy atom. The molecule has 2 aliphatic rings. The molecule has 1 aliphatic heterocycles. The summed E-state index contributed by atoms with van der Waals surface area (Å²) in [4.78, 5) is 18.8. The third-order valence-electron chi connectivity index (χ3n) is 4.67. The van der Waals surface area contributed by atoms with Crippen LogP contribution in [0.25, 0.3) is 0 Å². The van der Waals surface area contributed by atoms with Crippen molar-refractivity contribution in [2.75, 3.05) is 20.7 Å². The van der Waals surface area contributed by atoms with Crippen molar-refractivity contribution in [3.05, 3.63) is 22.9 Å². The molecule has 114 valence electrons. The number of hydrogen-bond acceptors (Lipinski definition) is 4. The van der Waals surface area contributed by atoms with Crippen molar-refractivity contribution in [1.82, 2.24) is 15.2 Å². The summed E-state index contributed by atoms with van der Waals surface area (Å²) in [5.41, 5.74) is 3.03. The third kappa shape index (κ3) is 2.62. The second-order valence-corrected chi connectivity index (χ2v) is 6.31. The Hall–Kier alpha value is -1.62. The van der Waals surface area contributed by atoms with Crippen molar-refractivity contribution in [1.29, 1.82) is 0 Å². The van der Waals surface area contributed by atoms with E-state index in [9.17, 15) is 4.79 Å². The molecule has 2 fully saturated rings. The Labute approximate surface area is 125 Å². The fraction of sp³-hybridized carbons (Fsp3) is 0.625. The van der Waals surface area contributed by atoms with Crippen LogP contribution < -0.4 is 10.1 Å². The number of methoxy groups -OCH3 is 1. The van der Waals surface area contributed by atoms with Crippen LogP contribution in [0.15, 0.2) is 6.07 Å². The van der Waals surface area contributed by atoms with Gasteiger partial charge in [0.1, 0.15) is 0 Å². The van der Waals surface area contributed by atoms with Crippen LogP contribution in [0, 0.1) is 25.7 Å². The normalized spacial score (nSPS) is 26.4. The summed E-state index contributed by atoms with van der Waals surface area (Å²) in [6.07, 6.45) is 1.20. The molecule has 0 unspecified atom stereocenters. The minimum absolute atomic E-state index is 0.00436. The molecule has 0 spiro atoms. The molecule has 0 aromatic carbocycles. The van der Waals surface area contributed by atoms with E-state index in [4.69, 9.17) is 4.74 Å². The first kappa shape index (κ1) is 14.3. The molecule has 5 nitrogen and oxygen atoms in total. The molecule has 1 aromatic rings. The van der Waals surface area contributed by atoms with Crippen molar-refractivity contribution in [2.45, 2.75) is 32.9 Å². The molecule has 0 bridgehead atoms. The lowest BCUT2D eigenvalue weighted by atomic mass is 10.1. The van der Waals surface area contributed by atoms with Gasteiger partial charge in [0, 0.05) is 18.3 Å². The van der Waals surface area contributed by atoms with Crippen molar-refractivity contribution in [2.24, 2.45) is 11.8 Å². The fourth-order valence-electron chi connectivity index (χ4n) is 3.36. The van der Waals surface area contributed by atoms with Crippen LogP contribution in [-0.2, 0) is 11.3 Å². The summed E-state index contributed by atoms with van der Waals surface area (Å²) in [5.74, 6) is 2.08. The monoisotopic (exact) mass is 289 g/mol. The van der Waals surface area contributed by atoms with E-state index < -0.39 is 0 Å². The number of aromatic nitrogens is 1. The Morgan fingerprint density at radius 3 is 2.86 bits per heavy atom. The van der Waals surface area contributed by atoms with Gasteiger partial charge < -0.3 is 15.0 Å². The quantitative estimate of drug-likeness (QED) is 0.907. The number of amides is 1. The van der Waals surface area contributed by atoms with Gasteiger partial charge in [-0.05, 0) is 50.3 Å². The SMILES string of the molecule is COc1nc(C)cc(C)c1CN(C)C(=O)[C@@H]1NC[C@@H]2C[C@@H]21. The molecule has 21 heavy (non-hydrogen) atoms. The van der Waals surface area contributed by atoms with E-state index in [1.807, 2.05) is 27.0 Å². The first-order chi connectivity index (χ1) is 10.0. The molecule has 0 radical (unpaired) electrons. The highest BCUT2D eigenvalue weighted by Crippen LogP contribution is 2.45. The first-order valence-corrected chi connectivity index (χ1v) is 7.50. The number of ether oxygens (including phenoxy) is 1. The lowest BCUT2D eigenvalue weighted by Gasteiger charge is -2.24. The maximum atomic E-state index is 12.6. The van der Waals surface area contributed by atoms with Gasteiger partial charge in [0.05, 0.1) is 19.7 Å².